The highest BCUT2D eigenvalue weighted by Gasteiger charge is 2.20. The predicted molar refractivity (Wildman–Crippen MR) is 68.1 cm³/mol. The summed E-state index contributed by atoms with van der Waals surface area (Å²) >= 11 is 6.17. The molecule has 17 heavy (non-hydrogen) atoms. The van der Waals surface area contributed by atoms with Crippen LogP contribution >= 0.6 is 11.6 Å². The Balaban J connectivity index is 2.32. The zero-order valence-electron chi connectivity index (χ0n) is 9.78. The van der Waals surface area contributed by atoms with Crippen LogP contribution in [0.3, 0.4) is 0 Å². The molecule has 2 N–H and O–H groups in total. The van der Waals surface area contributed by atoms with Crippen LogP contribution in [0.5, 0.6) is 0 Å². The molecule has 90 valence electrons. The van der Waals surface area contributed by atoms with E-state index in [-0.39, 0.29) is 6.04 Å². The summed E-state index contributed by atoms with van der Waals surface area (Å²) in [6.45, 7) is 3.52. The van der Waals surface area contributed by atoms with Gasteiger partial charge in [0.2, 0.25) is 0 Å². The number of nitriles is 1. The van der Waals surface area contributed by atoms with Gasteiger partial charge in [0, 0.05) is 19.1 Å². The Morgan fingerprint density at radius 1 is 1.65 bits per heavy atom. The SMILES string of the molecule is Cc1nc(N2CCC[C@@H](N)C2)c(Cl)cc1C#N. The Morgan fingerprint density at radius 2 is 2.41 bits per heavy atom. The zero-order valence-corrected chi connectivity index (χ0v) is 10.5. The van der Waals surface area contributed by atoms with Gasteiger partial charge in [0.15, 0.2) is 0 Å². The molecule has 0 aromatic carbocycles. The van der Waals surface area contributed by atoms with Crippen molar-refractivity contribution in [1.82, 2.24) is 4.98 Å². The lowest BCUT2D eigenvalue weighted by Crippen LogP contribution is -2.43. The van der Waals surface area contributed by atoms with Crippen molar-refractivity contribution in [3.63, 3.8) is 0 Å². The van der Waals surface area contributed by atoms with Crippen molar-refractivity contribution in [2.24, 2.45) is 5.73 Å². The monoisotopic (exact) mass is 250 g/mol. The molecular weight excluding hydrogens is 236 g/mol. The fourth-order valence-corrected chi connectivity index (χ4v) is 2.38. The third-order valence-corrected chi connectivity index (χ3v) is 3.30. The van der Waals surface area contributed by atoms with E-state index in [1.807, 2.05) is 6.92 Å². The molecule has 1 aliphatic heterocycles. The summed E-state index contributed by atoms with van der Waals surface area (Å²) in [6, 6.07) is 3.94. The maximum atomic E-state index is 8.90. The summed E-state index contributed by atoms with van der Waals surface area (Å²) in [7, 11) is 0. The van der Waals surface area contributed by atoms with Crippen LogP contribution in [0.4, 0.5) is 5.82 Å². The second-order valence-corrected chi connectivity index (χ2v) is 4.79. The molecule has 0 radical (unpaired) electrons. The van der Waals surface area contributed by atoms with Crippen LogP contribution in [0.1, 0.15) is 24.1 Å². The Morgan fingerprint density at radius 3 is 3.06 bits per heavy atom. The molecule has 5 heteroatoms. The van der Waals surface area contributed by atoms with E-state index in [0.29, 0.717) is 16.3 Å². The van der Waals surface area contributed by atoms with Crippen molar-refractivity contribution in [2.75, 3.05) is 18.0 Å². The maximum Gasteiger partial charge on any atom is 0.147 e. The first-order valence-corrected chi connectivity index (χ1v) is 6.07. The van der Waals surface area contributed by atoms with Gasteiger partial charge in [0.05, 0.1) is 16.3 Å². The van der Waals surface area contributed by atoms with Gasteiger partial charge in [-0.25, -0.2) is 4.98 Å². The third kappa shape index (κ3) is 2.51. The van der Waals surface area contributed by atoms with E-state index in [0.717, 1.165) is 31.7 Å². The summed E-state index contributed by atoms with van der Waals surface area (Å²) in [4.78, 5) is 6.52. The smallest absolute Gasteiger partial charge is 0.147 e. The van der Waals surface area contributed by atoms with Gasteiger partial charge in [-0.2, -0.15) is 5.26 Å². The summed E-state index contributed by atoms with van der Waals surface area (Å²) in [5.74, 6) is 0.748. The van der Waals surface area contributed by atoms with Gasteiger partial charge >= 0.3 is 0 Å². The first kappa shape index (κ1) is 12.2. The molecule has 1 aromatic heterocycles. The van der Waals surface area contributed by atoms with Gasteiger partial charge in [-0.1, -0.05) is 11.6 Å². The van der Waals surface area contributed by atoms with Crippen LogP contribution < -0.4 is 10.6 Å². The first-order chi connectivity index (χ1) is 8.11. The fraction of sp³-hybridized carbons (Fsp3) is 0.500. The van der Waals surface area contributed by atoms with Crippen LogP contribution in [-0.2, 0) is 0 Å². The average Bonchev–Trinajstić information content (AvgIpc) is 2.31. The molecule has 4 nitrogen and oxygen atoms in total. The topological polar surface area (TPSA) is 65.9 Å². The second kappa shape index (κ2) is 4.91. The minimum absolute atomic E-state index is 0.178. The van der Waals surface area contributed by atoms with E-state index in [1.54, 1.807) is 6.07 Å². The van der Waals surface area contributed by atoms with Crippen molar-refractivity contribution < 1.29 is 0 Å². The largest absolute Gasteiger partial charge is 0.354 e. The summed E-state index contributed by atoms with van der Waals surface area (Å²) in [5, 5.41) is 9.43. The number of aryl methyl sites for hydroxylation is 1. The molecule has 0 aliphatic carbocycles. The highest BCUT2D eigenvalue weighted by Crippen LogP contribution is 2.27. The molecule has 1 fully saturated rings. The first-order valence-electron chi connectivity index (χ1n) is 5.69. The third-order valence-electron chi connectivity index (χ3n) is 3.03. The lowest BCUT2D eigenvalue weighted by Gasteiger charge is -2.32. The minimum atomic E-state index is 0.178. The van der Waals surface area contributed by atoms with E-state index in [9.17, 15) is 0 Å². The quantitative estimate of drug-likeness (QED) is 0.826. The number of anilines is 1. The maximum absolute atomic E-state index is 8.90. The van der Waals surface area contributed by atoms with Gasteiger partial charge in [0.1, 0.15) is 11.9 Å². The number of aromatic nitrogens is 1. The van der Waals surface area contributed by atoms with E-state index in [1.165, 1.54) is 0 Å². The average molecular weight is 251 g/mol. The summed E-state index contributed by atoms with van der Waals surface area (Å²) in [6.07, 6.45) is 2.10. The summed E-state index contributed by atoms with van der Waals surface area (Å²) in [5.41, 5.74) is 7.18. The molecule has 2 heterocycles. The normalized spacial score (nSPS) is 20.1. The van der Waals surface area contributed by atoms with Gasteiger partial charge in [-0.3, -0.25) is 0 Å². The number of hydrogen-bond acceptors (Lipinski definition) is 4. The molecular formula is C12H15ClN4. The Labute approximate surface area is 106 Å². The van der Waals surface area contributed by atoms with Crippen LogP contribution in [0, 0.1) is 18.3 Å². The lowest BCUT2D eigenvalue weighted by atomic mass is 10.1. The van der Waals surface area contributed by atoms with Crippen LogP contribution in [0.2, 0.25) is 5.02 Å². The summed E-state index contributed by atoms with van der Waals surface area (Å²) < 4.78 is 0. The van der Waals surface area contributed by atoms with Crippen LogP contribution in [-0.4, -0.2) is 24.1 Å². The van der Waals surface area contributed by atoms with E-state index >= 15 is 0 Å². The van der Waals surface area contributed by atoms with Gasteiger partial charge < -0.3 is 10.6 Å². The molecule has 0 bridgehead atoms. The molecule has 0 saturated carbocycles. The van der Waals surface area contributed by atoms with Crippen molar-refractivity contribution in [3.05, 3.63) is 22.3 Å². The Kier molecular flexibility index (Phi) is 3.51. The fourth-order valence-electron chi connectivity index (χ4n) is 2.11. The number of nitrogens with two attached hydrogens (primary N) is 1. The molecule has 0 spiro atoms. The Hall–Kier alpha value is -1.31. The van der Waals surface area contributed by atoms with Crippen molar-refractivity contribution >= 4 is 17.4 Å². The molecule has 1 aromatic rings. The minimum Gasteiger partial charge on any atom is -0.354 e. The number of nitrogens with zero attached hydrogens (tertiary/aromatic N) is 3. The lowest BCUT2D eigenvalue weighted by molar-refractivity contribution is 0.503. The number of halogens is 1. The van der Waals surface area contributed by atoms with E-state index < -0.39 is 0 Å². The predicted octanol–water partition coefficient (Wildman–Crippen LogP) is 1.84. The molecule has 0 amide bonds. The molecule has 2 rings (SSSR count). The highest BCUT2D eigenvalue weighted by atomic mass is 35.5. The second-order valence-electron chi connectivity index (χ2n) is 4.39. The standard InChI is InChI=1S/C12H15ClN4/c1-8-9(6-14)5-11(13)12(16-8)17-4-2-3-10(15)7-17/h5,10H,2-4,7,15H2,1H3/t10-/m1/s1. The molecule has 0 unspecified atom stereocenters. The highest BCUT2D eigenvalue weighted by molar-refractivity contribution is 6.33. The van der Waals surface area contributed by atoms with Crippen LogP contribution in [0.25, 0.3) is 0 Å². The van der Waals surface area contributed by atoms with Crippen molar-refractivity contribution in [2.45, 2.75) is 25.8 Å². The van der Waals surface area contributed by atoms with E-state index in [4.69, 9.17) is 22.6 Å². The Bertz CT molecular complexity index is 466. The molecule has 1 atom stereocenters. The van der Waals surface area contributed by atoms with Crippen LogP contribution in [0.15, 0.2) is 6.07 Å². The van der Waals surface area contributed by atoms with Gasteiger partial charge in [-0.05, 0) is 25.8 Å². The van der Waals surface area contributed by atoms with Gasteiger partial charge in [0.25, 0.3) is 0 Å². The molecule has 1 saturated heterocycles. The number of rotatable bonds is 1. The number of pyridine rings is 1. The van der Waals surface area contributed by atoms with E-state index in [2.05, 4.69) is 16.0 Å². The van der Waals surface area contributed by atoms with Gasteiger partial charge in [-0.15, -0.1) is 0 Å². The zero-order chi connectivity index (χ0) is 12.4. The number of hydrogen-bond donors (Lipinski definition) is 1. The molecule has 1 aliphatic rings. The number of piperidine rings is 1. The van der Waals surface area contributed by atoms with Crippen molar-refractivity contribution in [3.8, 4) is 6.07 Å². The van der Waals surface area contributed by atoms with Crippen molar-refractivity contribution in [1.29, 1.82) is 5.26 Å².